The highest BCUT2D eigenvalue weighted by Crippen LogP contribution is 2.21. The quantitative estimate of drug-likeness (QED) is 0.781. The maximum Gasteiger partial charge on any atom is 0.303 e. The monoisotopic (exact) mass is 261 g/mol. The van der Waals surface area contributed by atoms with E-state index in [1.165, 1.54) is 6.92 Å². The van der Waals surface area contributed by atoms with Crippen LogP contribution in [0, 0.1) is 0 Å². The van der Waals surface area contributed by atoms with Crippen LogP contribution in [0.25, 0.3) is 0 Å². The zero-order chi connectivity index (χ0) is 13.7. The topological polar surface area (TPSA) is 46.6 Å². The van der Waals surface area contributed by atoms with Gasteiger partial charge in [-0.2, -0.15) is 0 Å². The zero-order valence-electron chi connectivity index (χ0n) is 11.2. The first-order chi connectivity index (χ1) is 9.16. The van der Waals surface area contributed by atoms with Gasteiger partial charge in [0.25, 0.3) is 0 Å². The van der Waals surface area contributed by atoms with Crippen molar-refractivity contribution in [1.82, 2.24) is 4.90 Å². The van der Waals surface area contributed by atoms with Crippen LogP contribution in [-0.2, 0) is 14.3 Å². The summed E-state index contributed by atoms with van der Waals surface area (Å²) in [4.78, 5) is 24.9. The molecule has 1 aliphatic rings. The van der Waals surface area contributed by atoms with Crippen LogP contribution >= 0.6 is 0 Å². The number of esters is 1. The molecule has 1 saturated heterocycles. The lowest BCUT2D eigenvalue weighted by Gasteiger charge is -2.30. The summed E-state index contributed by atoms with van der Waals surface area (Å²) in [5, 5.41) is 0. The number of piperidine rings is 1. The lowest BCUT2D eigenvalue weighted by molar-refractivity contribution is -0.150. The third-order valence-corrected chi connectivity index (χ3v) is 3.29. The Labute approximate surface area is 113 Å². The van der Waals surface area contributed by atoms with Gasteiger partial charge in [0.15, 0.2) is 0 Å². The summed E-state index contributed by atoms with van der Waals surface area (Å²) in [6.45, 7) is 2.60. The number of carbonyl (C=O) groups is 2. The first-order valence-electron chi connectivity index (χ1n) is 6.67. The maximum absolute atomic E-state index is 11.8. The van der Waals surface area contributed by atoms with Crippen LogP contribution in [0.3, 0.4) is 0 Å². The third kappa shape index (κ3) is 3.81. The Kier molecular flexibility index (Phi) is 4.55. The fourth-order valence-corrected chi connectivity index (χ4v) is 2.33. The molecule has 1 amide bonds. The SMILES string of the molecule is CC(=O)OC(CN1CCCCC1=O)c1ccccc1. The lowest BCUT2D eigenvalue weighted by Crippen LogP contribution is -2.39. The number of hydrogen-bond acceptors (Lipinski definition) is 3. The number of rotatable bonds is 4. The third-order valence-electron chi connectivity index (χ3n) is 3.29. The molecule has 1 fully saturated rings. The summed E-state index contributed by atoms with van der Waals surface area (Å²) in [5.41, 5.74) is 0.927. The van der Waals surface area contributed by atoms with Crippen molar-refractivity contribution in [2.45, 2.75) is 32.3 Å². The van der Waals surface area contributed by atoms with Gasteiger partial charge in [-0.3, -0.25) is 9.59 Å². The Hall–Kier alpha value is -1.84. The molecular formula is C15H19NO3. The van der Waals surface area contributed by atoms with Gasteiger partial charge in [-0.15, -0.1) is 0 Å². The van der Waals surface area contributed by atoms with E-state index in [0.29, 0.717) is 13.0 Å². The van der Waals surface area contributed by atoms with Gasteiger partial charge in [-0.1, -0.05) is 30.3 Å². The molecular weight excluding hydrogens is 242 g/mol. The van der Waals surface area contributed by atoms with Crippen LogP contribution in [0.2, 0.25) is 0 Å². The van der Waals surface area contributed by atoms with E-state index in [-0.39, 0.29) is 18.0 Å². The van der Waals surface area contributed by atoms with E-state index in [4.69, 9.17) is 4.74 Å². The summed E-state index contributed by atoms with van der Waals surface area (Å²) in [6.07, 6.45) is 2.20. The highest BCUT2D eigenvalue weighted by molar-refractivity contribution is 5.77. The predicted octanol–water partition coefficient (Wildman–Crippen LogP) is 2.30. The minimum atomic E-state index is -0.374. The Bertz CT molecular complexity index is 444. The number of carbonyl (C=O) groups excluding carboxylic acids is 2. The predicted molar refractivity (Wildman–Crippen MR) is 71.4 cm³/mol. The molecule has 0 spiro atoms. The number of amides is 1. The fourth-order valence-electron chi connectivity index (χ4n) is 2.33. The first-order valence-corrected chi connectivity index (χ1v) is 6.67. The molecule has 0 saturated carbocycles. The van der Waals surface area contributed by atoms with Crippen molar-refractivity contribution in [3.05, 3.63) is 35.9 Å². The van der Waals surface area contributed by atoms with E-state index in [2.05, 4.69) is 0 Å². The van der Waals surface area contributed by atoms with Crippen molar-refractivity contribution in [1.29, 1.82) is 0 Å². The number of benzene rings is 1. The summed E-state index contributed by atoms with van der Waals surface area (Å²) >= 11 is 0. The second-order valence-corrected chi connectivity index (χ2v) is 4.81. The molecule has 0 aromatic heterocycles. The number of likely N-dealkylation sites (tertiary alicyclic amines) is 1. The molecule has 2 rings (SSSR count). The lowest BCUT2D eigenvalue weighted by atomic mass is 10.1. The summed E-state index contributed by atoms with van der Waals surface area (Å²) in [7, 11) is 0. The molecule has 1 heterocycles. The molecule has 0 aliphatic carbocycles. The minimum absolute atomic E-state index is 0.152. The van der Waals surface area contributed by atoms with Gasteiger partial charge in [-0.25, -0.2) is 0 Å². The van der Waals surface area contributed by atoms with Gasteiger partial charge < -0.3 is 9.64 Å². The highest BCUT2D eigenvalue weighted by Gasteiger charge is 2.24. The molecule has 1 aromatic rings. The Morgan fingerprint density at radius 3 is 2.68 bits per heavy atom. The molecule has 1 atom stereocenters. The standard InChI is InChI=1S/C15H19NO3/c1-12(17)19-14(13-7-3-2-4-8-13)11-16-10-6-5-9-15(16)18/h2-4,7-8,14H,5-6,9-11H2,1H3. The molecule has 0 N–H and O–H groups in total. The van der Waals surface area contributed by atoms with Crippen molar-refractivity contribution >= 4 is 11.9 Å². The van der Waals surface area contributed by atoms with E-state index in [9.17, 15) is 9.59 Å². The number of nitrogens with zero attached hydrogens (tertiary/aromatic N) is 1. The smallest absolute Gasteiger partial charge is 0.303 e. The largest absolute Gasteiger partial charge is 0.456 e. The zero-order valence-corrected chi connectivity index (χ0v) is 11.2. The maximum atomic E-state index is 11.8. The van der Waals surface area contributed by atoms with E-state index in [1.54, 1.807) is 4.90 Å². The van der Waals surface area contributed by atoms with Crippen LogP contribution in [0.1, 0.15) is 37.9 Å². The first kappa shape index (κ1) is 13.6. The average Bonchev–Trinajstić information content (AvgIpc) is 2.41. The van der Waals surface area contributed by atoms with Crippen molar-refractivity contribution in [2.75, 3.05) is 13.1 Å². The van der Waals surface area contributed by atoms with Gasteiger partial charge in [0.05, 0.1) is 6.54 Å². The average molecular weight is 261 g/mol. The number of ether oxygens (including phenoxy) is 1. The Morgan fingerprint density at radius 2 is 2.05 bits per heavy atom. The van der Waals surface area contributed by atoms with Gasteiger partial charge >= 0.3 is 5.97 Å². The molecule has 4 nitrogen and oxygen atoms in total. The van der Waals surface area contributed by atoms with Crippen LogP contribution in [0.5, 0.6) is 0 Å². The second-order valence-electron chi connectivity index (χ2n) is 4.81. The molecule has 102 valence electrons. The van der Waals surface area contributed by atoms with E-state index >= 15 is 0 Å². The van der Waals surface area contributed by atoms with E-state index < -0.39 is 0 Å². The summed E-state index contributed by atoms with van der Waals surface area (Å²) < 4.78 is 5.35. The minimum Gasteiger partial charge on any atom is -0.456 e. The van der Waals surface area contributed by atoms with Gasteiger partial charge in [0.1, 0.15) is 6.10 Å². The van der Waals surface area contributed by atoms with Crippen molar-refractivity contribution < 1.29 is 14.3 Å². The van der Waals surface area contributed by atoms with Gasteiger partial charge in [0.2, 0.25) is 5.91 Å². The second kappa shape index (κ2) is 6.36. The van der Waals surface area contributed by atoms with Gasteiger partial charge in [0, 0.05) is 19.9 Å². The van der Waals surface area contributed by atoms with Gasteiger partial charge in [-0.05, 0) is 18.4 Å². The molecule has 0 radical (unpaired) electrons. The Balaban J connectivity index is 2.09. The summed E-state index contributed by atoms with van der Waals surface area (Å²) in [5.74, 6) is -0.169. The number of hydrogen-bond donors (Lipinski definition) is 0. The fraction of sp³-hybridized carbons (Fsp3) is 0.467. The molecule has 0 bridgehead atoms. The van der Waals surface area contributed by atoms with E-state index in [0.717, 1.165) is 24.9 Å². The van der Waals surface area contributed by atoms with Crippen molar-refractivity contribution in [3.63, 3.8) is 0 Å². The highest BCUT2D eigenvalue weighted by atomic mass is 16.5. The molecule has 1 unspecified atom stereocenters. The van der Waals surface area contributed by atoms with Crippen LogP contribution in [0.4, 0.5) is 0 Å². The molecule has 19 heavy (non-hydrogen) atoms. The molecule has 1 aromatic carbocycles. The normalized spacial score (nSPS) is 17.1. The van der Waals surface area contributed by atoms with Crippen LogP contribution in [0.15, 0.2) is 30.3 Å². The Morgan fingerprint density at radius 1 is 1.32 bits per heavy atom. The molecule has 1 aliphatic heterocycles. The van der Waals surface area contributed by atoms with Crippen molar-refractivity contribution in [3.8, 4) is 0 Å². The summed E-state index contributed by atoms with van der Waals surface area (Å²) in [6, 6.07) is 9.57. The van der Waals surface area contributed by atoms with Crippen molar-refractivity contribution in [2.24, 2.45) is 0 Å². The van der Waals surface area contributed by atoms with E-state index in [1.807, 2.05) is 30.3 Å². The molecule has 4 heteroatoms. The van der Waals surface area contributed by atoms with Crippen LogP contribution < -0.4 is 0 Å². The van der Waals surface area contributed by atoms with Crippen LogP contribution in [-0.4, -0.2) is 29.9 Å².